The van der Waals surface area contributed by atoms with E-state index in [2.05, 4.69) is 4.74 Å². The highest BCUT2D eigenvalue weighted by molar-refractivity contribution is 7.90. The molecule has 1 fully saturated rings. The number of rotatable bonds is 7. The summed E-state index contributed by atoms with van der Waals surface area (Å²) in [7, 11) is -2.97. The predicted molar refractivity (Wildman–Crippen MR) is 115 cm³/mol. The molecule has 0 unspecified atom stereocenters. The molecule has 0 bridgehead atoms. The van der Waals surface area contributed by atoms with Gasteiger partial charge in [0.05, 0.1) is 24.0 Å². The Morgan fingerprint density at radius 2 is 1.94 bits per heavy atom. The summed E-state index contributed by atoms with van der Waals surface area (Å²) in [5.74, 6) is -4.16. The number of ether oxygens (including phenoxy) is 2. The zero-order valence-corrected chi connectivity index (χ0v) is 19.4. The molecule has 0 radical (unpaired) electrons. The van der Waals surface area contributed by atoms with Gasteiger partial charge in [-0.3, -0.25) is 4.79 Å². The van der Waals surface area contributed by atoms with E-state index in [0.29, 0.717) is 25.0 Å². The molecule has 1 saturated heterocycles. The van der Waals surface area contributed by atoms with Crippen molar-refractivity contribution >= 4 is 27.3 Å². The van der Waals surface area contributed by atoms with Crippen molar-refractivity contribution < 1.29 is 46.1 Å². The molecule has 8 nitrogen and oxygen atoms in total. The summed E-state index contributed by atoms with van der Waals surface area (Å²) in [5, 5.41) is 20.7. The lowest BCUT2D eigenvalue weighted by Gasteiger charge is -2.25. The Balaban J connectivity index is 2.07. The number of carbonyl (C=O) groups excluding carboxylic acids is 1. The molecule has 0 aliphatic carbocycles. The molecule has 0 aromatic heterocycles. The van der Waals surface area contributed by atoms with Gasteiger partial charge in [-0.05, 0) is 43.2 Å². The molecule has 2 aromatic rings. The Labute approximate surface area is 198 Å². The Bertz CT molecular complexity index is 1190. The number of phenolic OH excluding ortho intramolecular Hbond substituents is 2. The van der Waals surface area contributed by atoms with Crippen LogP contribution in [0.4, 0.5) is 13.2 Å². The van der Waals surface area contributed by atoms with Crippen LogP contribution in [0.5, 0.6) is 17.2 Å². The summed E-state index contributed by atoms with van der Waals surface area (Å²) in [6, 6.07) is 4.27. The normalized spacial score (nSPS) is 16.6. The largest absolute Gasteiger partial charge is 0.573 e. The Kier molecular flexibility index (Phi) is 7.53. The van der Waals surface area contributed by atoms with Crippen molar-refractivity contribution in [1.29, 1.82) is 0 Å². The van der Waals surface area contributed by atoms with Crippen LogP contribution in [0.15, 0.2) is 35.2 Å². The molecule has 1 aliphatic heterocycles. The summed E-state index contributed by atoms with van der Waals surface area (Å²) < 4.78 is 73.5. The fourth-order valence-electron chi connectivity index (χ4n) is 3.77. The molecule has 186 valence electrons. The van der Waals surface area contributed by atoms with Crippen LogP contribution in [0, 0.1) is 0 Å². The summed E-state index contributed by atoms with van der Waals surface area (Å²) in [5.41, 5.74) is -1.07. The number of benzene rings is 2. The number of nitrogens with zero attached hydrogens (tertiary/aromatic N) is 1. The highest BCUT2D eigenvalue weighted by Gasteiger charge is 2.35. The first-order chi connectivity index (χ1) is 15.8. The lowest BCUT2D eigenvalue weighted by atomic mass is 10.1. The topological polar surface area (TPSA) is 113 Å². The van der Waals surface area contributed by atoms with Crippen molar-refractivity contribution in [2.75, 3.05) is 20.3 Å². The maximum atomic E-state index is 13.1. The second kappa shape index (κ2) is 9.88. The smallest absolute Gasteiger partial charge is 0.507 e. The highest BCUT2D eigenvalue weighted by Crippen LogP contribution is 2.37. The van der Waals surface area contributed by atoms with E-state index in [0.717, 1.165) is 12.1 Å². The minimum atomic E-state index is -5.13. The number of methoxy groups -OCH3 is 1. The van der Waals surface area contributed by atoms with Crippen LogP contribution in [0.1, 0.15) is 28.8 Å². The molecule has 0 saturated carbocycles. The van der Waals surface area contributed by atoms with Crippen LogP contribution in [0.2, 0.25) is 5.02 Å². The van der Waals surface area contributed by atoms with Gasteiger partial charge in [-0.2, -0.15) is 0 Å². The number of likely N-dealkylation sites (tertiary alicyclic amines) is 1. The molecule has 2 N–H and O–H groups in total. The van der Waals surface area contributed by atoms with Crippen LogP contribution < -0.4 is 4.74 Å². The molecule has 1 heterocycles. The van der Waals surface area contributed by atoms with Crippen molar-refractivity contribution in [3.63, 3.8) is 0 Å². The molecule has 1 aliphatic rings. The number of hydrogen-bond donors (Lipinski definition) is 2. The number of phenols is 2. The molecule has 1 atom stereocenters. The second-order valence-electron chi connectivity index (χ2n) is 7.65. The highest BCUT2D eigenvalue weighted by atomic mass is 35.5. The van der Waals surface area contributed by atoms with E-state index in [9.17, 15) is 36.6 Å². The van der Waals surface area contributed by atoms with Gasteiger partial charge >= 0.3 is 6.36 Å². The minimum absolute atomic E-state index is 0.0103. The van der Waals surface area contributed by atoms with Gasteiger partial charge in [0, 0.05) is 24.2 Å². The SMILES string of the molecule is COC[C@@H]1CCCN1C(=O)c1cc(OC(F)(F)F)cc(CS(=O)(=O)c2cc(Cl)ccc2O)c1O. The molecule has 2 aromatic carbocycles. The number of hydrogen-bond acceptors (Lipinski definition) is 7. The quantitative estimate of drug-likeness (QED) is 0.566. The lowest BCUT2D eigenvalue weighted by molar-refractivity contribution is -0.274. The molecular formula is C21H21ClF3NO7S. The van der Waals surface area contributed by atoms with Crippen molar-refractivity contribution in [2.45, 2.75) is 35.9 Å². The van der Waals surface area contributed by atoms with Crippen LogP contribution in [0.25, 0.3) is 0 Å². The Hall–Kier alpha value is -2.70. The predicted octanol–water partition coefficient (Wildman–Crippen LogP) is 3.87. The number of aromatic hydroxyl groups is 2. The lowest BCUT2D eigenvalue weighted by Crippen LogP contribution is -2.38. The van der Waals surface area contributed by atoms with Crippen molar-refractivity contribution in [1.82, 2.24) is 4.90 Å². The summed E-state index contributed by atoms with van der Waals surface area (Å²) >= 11 is 5.80. The molecule has 13 heteroatoms. The molecule has 1 amide bonds. The van der Waals surface area contributed by atoms with Gasteiger partial charge in [0.25, 0.3) is 5.91 Å². The van der Waals surface area contributed by atoms with Gasteiger partial charge in [0.1, 0.15) is 22.1 Å². The average molecular weight is 524 g/mol. The molecule has 34 heavy (non-hydrogen) atoms. The van der Waals surface area contributed by atoms with Crippen LogP contribution in [0.3, 0.4) is 0 Å². The zero-order valence-electron chi connectivity index (χ0n) is 17.8. The number of alkyl halides is 3. The first kappa shape index (κ1) is 25.9. The Morgan fingerprint density at radius 3 is 2.59 bits per heavy atom. The average Bonchev–Trinajstić information content (AvgIpc) is 3.18. The van der Waals surface area contributed by atoms with Crippen LogP contribution in [-0.2, 0) is 20.3 Å². The first-order valence-corrected chi connectivity index (χ1v) is 12.0. The van der Waals surface area contributed by atoms with E-state index >= 15 is 0 Å². The van der Waals surface area contributed by atoms with Crippen molar-refractivity contribution in [3.8, 4) is 17.2 Å². The maximum absolute atomic E-state index is 13.1. The third kappa shape index (κ3) is 5.86. The summed E-state index contributed by atoms with van der Waals surface area (Å²) in [6.07, 6.45) is -3.92. The van der Waals surface area contributed by atoms with E-state index in [1.165, 1.54) is 18.1 Å². The number of sulfone groups is 1. The summed E-state index contributed by atoms with van der Waals surface area (Å²) in [4.78, 5) is 13.9. The van der Waals surface area contributed by atoms with E-state index < -0.39 is 61.1 Å². The van der Waals surface area contributed by atoms with E-state index in [1.54, 1.807) is 0 Å². The van der Waals surface area contributed by atoms with E-state index in [1.807, 2.05) is 0 Å². The van der Waals surface area contributed by atoms with Crippen LogP contribution in [-0.4, -0.2) is 62.1 Å². The van der Waals surface area contributed by atoms with Crippen molar-refractivity contribution in [2.24, 2.45) is 0 Å². The first-order valence-electron chi connectivity index (χ1n) is 9.95. The van der Waals surface area contributed by atoms with Gasteiger partial charge in [-0.15, -0.1) is 13.2 Å². The second-order valence-corrected chi connectivity index (χ2v) is 10.0. The monoisotopic (exact) mass is 523 g/mol. The third-order valence-corrected chi connectivity index (χ3v) is 7.15. The molecular weight excluding hydrogens is 503 g/mol. The third-order valence-electron chi connectivity index (χ3n) is 5.23. The number of halogens is 4. The van der Waals surface area contributed by atoms with E-state index in [4.69, 9.17) is 16.3 Å². The summed E-state index contributed by atoms with van der Waals surface area (Å²) in [6.45, 7) is 0.460. The van der Waals surface area contributed by atoms with Gasteiger partial charge in [0.15, 0.2) is 9.84 Å². The van der Waals surface area contributed by atoms with Gasteiger partial charge in [-0.1, -0.05) is 11.6 Å². The number of carbonyl (C=O) groups is 1. The standard InChI is InChI=1S/C21H21ClF3NO7S/c1-32-10-14-3-2-6-26(14)20(29)16-9-15(33-21(23,24)25)7-12(19(16)28)11-34(30,31)18-8-13(22)4-5-17(18)27/h4-5,7-9,14,27-28H,2-3,6,10-11H2,1H3/t14-/m0/s1. The van der Waals surface area contributed by atoms with Crippen molar-refractivity contribution in [3.05, 3.63) is 46.5 Å². The van der Waals surface area contributed by atoms with Crippen LogP contribution >= 0.6 is 11.6 Å². The molecule has 3 rings (SSSR count). The van der Waals surface area contributed by atoms with Gasteiger partial charge in [-0.25, -0.2) is 8.42 Å². The maximum Gasteiger partial charge on any atom is 0.573 e. The fraction of sp³-hybridized carbons (Fsp3) is 0.381. The van der Waals surface area contributed by atoms with Gasteiger partial charge < -0.3 is 24.6 Å². The van der Waals surface area contributed by atoms with E-state index in [-0.39, 0.29) is 24.2 Å². The zero-order chi connectivity index (χ0) is 25.3. The minimum Gasteiger partial charge on any atom is -0.507 e. The van der Waals surface area contributed by atoms with Gasteiger partial charge in [0.2, 0.25) is 0 Å². The number of amides is 1. The Morgan fingerprint density at radius 1 is 1.24 bits per heavy atom. The fourth-order valence-corrected chi connectivity index (χ4v) is 5.49. The molecule has 0 spiro atoms.